The first-order valence-electron chi connectivity index (χ1n) is 7.21. The lowest BCUT2D eigenvalue weighted by molar-refractivity contribution is -0.129. The van der Waals surface area contributed by atoms with Crippen LogP contribution in [0.1, 0.15) is 24.0 Å². The number of carbonyl (C=O) groups is 1. The van der Waals surface area contributed by atoms with Gasteiger partial charge in [-0.2, -0.15) is 0 Å². The number of nitrogens with zero attached hydrogens (tertiary/aromatic N) is 1. The molecule has 0 aliphatic heterocycles. The van der Waals surface area contributed by atoms with Crippen LogP contribution in [0.2, 0.25) is 0 Å². The molecule has 1 aliphatic rings. The van der Waals surface area contributed by atoms with E-state index in [2.05, 4.69) is 5.32 Å². The molecule has 0 aromatic heterocycles. The number of aliphatic hydroxyl groups is 1. The van der Waals surface area contributed by atoms with Gasteiger partial charge in [0, 0.05) is 19.3 Å². The third-order valence-corrected chi connectivity index (χ3v) is 3.95. The molecule has 110 valence electrons. The summed E-state index contributed by atoms with van der Waals surface area (Å²) in [5, 5.41) is 13.1. The summed E-state index contributed by atoms with van der Waals surface area (Å²) in [4.78, 5) is 13.7. The van der Waals surface area contributed by atoms with E-state index in [0.717, 1.165) is 29.7 Å². The molecule has 1 saturated carbocycles. The fourth-order valence-electron chi connectivity index (χ4n) is 2.40. The number of hydrogen-bond acceptors (Lipinski definition) is 3. The van der Waals surface area contributed by atoms with Crippen LogP contribution in [-0.4, -0.2) is 42.2 Å². The van der Waals surface area contributed by atoms with Gasteiger partial charge in [-0.3, -0.25) is 4.79 Å². The van der Waals surface area contributed by atoms with Crippen molar-refractivity contribution in [1.82, 2.24) is 4.90 Å². The molecule has 0 bridgehead atoms. The first kappa shape index (κ1) is 14.9. The quantitative estimate of drug-likeness (QED) is 0.835. The summed E-state index contributed by atoms with van der Waals surface area (Å²) in [6.07, 6.45) is 1.80. The van der Waals surface area contributed by atoms with Gasteiger partial charge < -0.3 is 15.3 Å². The molecule has 4 nitrogen and oxygen atoms in total. The monoisotopic (exact) mass is 276 g/mol. The zero-order valence-corrected chi connectivity index (χ0v) is 12.5. The summed E-state index contributed by atoms with van der Waals surface area (Å²) in [6.45, 7) is 4.75. The largest absolute Gasteiger partial charge is 0.391 e. The second kappa shape index (κ2) is 6.27. The van der Waals surface area contributed by atoms with Crippen LogP contribution >= 0.6 is 0 Å². The average Bonchev–Trinajstić information content (AvgIpc) is 3.22. The Hall–Kier alpha value is -1.55. The highest BCUT2D eigenvalue weighted by Crippen LogP contribution is 2.32. The standard InChI is InChI=1S/C16H24N2O2/c1-11-5-4-6-12(2)16(11)17-9-15(20)18(3)10-14(19)13-7-8-13/h4-6,13-14,17,19H,7-10H2,1-3H3. The van der Waals surface area contributed by atoms with Crippen molar-refractivity contribution in [2.75, 3.05) is 25.5 Å². The predicted octanol–water partition coefficient (Wildman–Crippen LogP) is 1.94. The molecular formula is C16H24N2O2. The molecule has 2 rings (SSSR count). The number of para-hydroxylation sites is 1. The van der Waals surface area contributed by atoms with E-state index in [1.54, 1.807) is 11.9 Å². The summed E-state index contributed by atoms with van der Waals surface area (Å²) < 4.78 is 0. The van der Waals surface area contributed by atoms with Crippen LogP contribution in [0.4, 0.5) is 5.69 Å². The van der Waals surface area contributed by atoms with Gasteiger partial charge in [0.05, 0.1) is 12.6 Å². The Bertz CT molecular complexity index is 463. The molecule has 20 heavy (non-hydrogen) atoms. The second-order valence-corrected chi connectivity index (χ2v) is 5.80. The van der Waals surface area contributed by atoms with E-state index in [-0.39, 0.29) is 18.6 Å². The lowest BCUT2D eigenvalue weighted by Gasteiger charge is -2.21. The van der Waals surface area contributed by atoms with Crippen LogP contribution in [0.25, 0.3) is 0 Å². The number of benzene rings is 1. The van der Waals surface area contributed by atoms with Crippen molar-refractivity contribution >= 4 is 11.6 Å². The number of nitrogens with one attached hydrogen (secondary N) is 1. The first-order chi connectivity index (χ1) is 9.49. The highest BCUT2D eigenvalue weighted by atomic mass is 16.3. The van der Waals surface area contributed by atoms with E-state index >= 15 is 0 Å². The number of aryl methyl sites for hydroxylation is 2. The van der Waals surface area contributed by atoms with Crippen molar-refractivity contribution in [3.05, 3.63) is 29.3 Å². The minimum atomic E-state index is -0.371. The topological polar surface area (TPSA) is 52.6 Å². The van der Waals surface area contributed by atoms with E-state index in [0.29, 0.717) is 12.5 Å². The number of rotatable bonds is 6. The van der Waals surface area contributed by atoms with Crippen LogP contribution in [0.15, 0.2) is 18.2 Å². The Kier molecular flexibility index (Phi) is 4.65. The van der Waals surface area contributed by atoms with Crippen molar-refractivity contribution in [2.45, 2.75) is 32.8 Å². The van der Waals surface area contributed by atoms with Crippen molar-refractivity contribution < 1.29 is 9.90 Å². The van der Waals surface area contributed by atoms with Crippen LogP contribution < -0.4 is 5.32 Å². The van der Waals surface area contributed by atoms with Crippen LogP contribution in [0.3, 0.4) is 0 Å². The van der Waals surface area contributed by atoms with E-state index in [1.807, 2.05) is 32.0 Å². The van der Waals surface area contributed by atoms with Crippen molar-refractivity contribution in [3.63, 3.8) is 0 Å². The SMILES string of the molecule is Cc1cccc(C)c1NCC(=O)N(C)CC(O)C1CC1. The summed E-state index contributed by atoms with van der Waals surface area (Å²) in [6, 6.07) is 6.07. The molecule has 0 spiro atoms. The van der Waals surface area contributed by atoms with E-state index in [4.69, 9.17) is 0 Å². The average molecular weight is 276 g/mol. The highest BCUT2D eigenvalue weighted by Gasteiger charge is 2.31. The summed E-state index contributed by atoms with van der Waals surface area (Å²) in [7, 11) is 1.75. The molecular weight excluding hydrogens is 252 g/mol. The number of hydrogen-bond donors (Lipinski definition) is 2. The molecule has 1 amide bonds. The number of likely N-dealkylation sites (N-methyl/N-ethyl adjacent to an activating group) is 1. The maximum atomic E-state index is 12.1. The predicted molar refractivity (Wildman–Crippen MR) is 80.8 cm³/mol. The van der Waals surface area contributed by atoms with Crippen molar-refractivity contribution in [1.29, 1.82) is 0 Å². The summed E-state index contributed by atoms with van der Waals surface area (Å²) in [5.74, 6) is 0.407. The lowest BCUT2D eigenvalue weighted by Crippen LogP contribution is -2.38. The molecule has 1 atom stereocenters. The molecule has 1 aromatic carbocycles. The molecule has 1 aromatic rings. The molecule has 4 heteroatoms. The third-order valence-electron chi connectivity index (χ3n) is 3.95. The fraction of sp³-hybridized carbons (Fsp3) is 0.562. The smallest absolute Gasteiger partial charge is 0.241 e. The summed E-state index contributed by atoms with van der Waals surface area (Å²) >= 11 is 0. The van der Waals surface area contributed by atoms with Crippen LogP contribution in [0.5, 0.6) is 0 Å². The molecule has 2 N–H and O–H groups in total. The maximum absolute atomic E-state index is 12.1. The number of carbonyl (C=O) groups excluding carboxylic acids is 1. The molecule has 1 aliphatic carbocycles. The van der Waals surface area contributed by atoms with Gasteiger partial charge in [0.15, 0.2) is 0 Å². The zero-order chi connectivity index (χ0) is 14.7. The van der Waals surface area contributed by atoms with E-state index < -0.39 is 0 Å². The van der Waals surface area contributed by atoms with Crippen LogP contribution in [-0.2, 0) is 4.79 Å². The molecule has 1 fully saturated rings. The molecule has 0 heterocycles. The fourth-order valence-corrected chi connectivity index (χ4v) is 2.40. The van der Waals surface area contributed by atoms with Gasteiger partial charge in [-0.05, 0) is 43.7 Å². The highest BCUT2D eigenvalue weighted by molar-refractivity contribution is 5.81. The van der Waals surface area contributed by atoms with Gasteiger partial charge in [0.25, 0.3) is 0 Å². The van der Waals surface area contributed by atoms with E-state index in [1.165, 1.54) is 0 Å². The second-order valence-electron chi connectivity index (χ2n) is 5.80. The normalized spacial score (nSPS) is 15.8. The zero-order valence-electron chi connectivity index (χ0n) is 12.5. The van der Waals surface area contributed by atoms with Crippen molar-refractivity contribution in [3.8, 4) is 0 Å². The van der Waals surface area contributed by atoms with Gasteiger partial charge in [0.1, 0.15) is 0 Å². The van der Waals surface area contributed by atoms with Crippen LogP contribution in [0, 0.1) is 19.8 Å². The Morgan fingerprint density at radius 1 is 1.40 bits per heavy atom. The minimum Gasteiger partial charge on any atom is -0.391 e. The van der Waals surface area contributed by atoms with Gasteiger partial charge in [-0.1, -0.05) is 18.2 Å². The number of amides is 1. The third kappa shape index (κ3) is 3.73. The van der Waals surface area contributed by atoms with Crippen molar-refractivity contribution in [2.24, 2.45) is 5.92 Å². The molecule has 1 unspecified atom stereocenters. The van der Waals surface area contributed by atoms with Gasteiger partial charge in [0.2, 0.25) is 5.91 Å². The first-order valence-corrected chi connectivity index (χ1v) is 7.21. The Morgan fingerprint density at radius 2 is 2.00 bits per heavy atom. The van der Waals surface area contributed by atoms with Gasteiger partial charge in [-0.15, -0.1) is 0 Å². The Balaban J connectivity index is 1.84. The molecule has 0 saturated heterocycles. The summed E-state index contributed by atoms with van der Waals surface area (Å²) in [5.41, 5.74) is 3.30. The molecule has 0 radical (unpaired) electrons. The lowest BCUT2D eigenvalue weighted by atomic mass is 10.1. The van der Waals surface area contributed by atoms with E-state index in [9.17, 15) is 9.90 Å². The maximum Gasteiger partial charge on any atom is 0.241 e. The number of anilines is 1. The van der Waals surface area contributed by atoms with Gasteiger partial charge >= 0.3 is 0 Å². The Labute approximate surface area is 120 Å². The number of aliphatic hydroxyl groups excluding tert-OH is 1. The minimum absolute atomic E-state index is 0.00681. The van der Waals surface area contributed by atoms with Gasteiger partial charge in [-0.25, -0.2) is 0 Å². The Morgan fingerprint density at radius 3 is 2.55 bits per heavy atom.